The fourth-order valence-electron chi connectivity index (χ4n) is 9.03. The maximum absolute atomic E-state index is 15.2. The molecule has 4 aliphatic rings. The summed E-state index contributed by atoms with van der Waals surface area (Å²) in [5, 5.41) is 11.0. The Labute approximate surface area is 305 Å². The molecule has 50 heavy (non-hydrogen) atoms. The average molecular weight is 794 g/mol. The minimum absolute atomic E-state index is 0.120. The second kappa shape index (κ2) is 12.3. The zero-order valence-electron chi connectivity index (χ0n) is 26.9. The molecule has 0 bridgehead atoms. The van der Waals surface area contributed by atoms with Gasteiger partial charge in [0.15, 0.2) is 23.1 Å². The van der Waals surface area contributed by atoms with Gasteiger partial charge >= 0.3 is 0 Å². The Bertz CT molecular complexity index is 2150. The van der Waals surface area contributed by atoms with Crippen molar-refractivity contribution in [3.63, 3.8) is 0 Å². The summed E-state index contributed by atoms with van der Waals surface area (Å²) < 4.78 is 6.45. The first kappa shape index (κ1) is 32.6. The van der Waals surface area contributed by atoms with E-state index in [0.29, 0.717) is 43.3 Å². The van der Waals surface area contributed by atoms with Crippen molar-refractivity contribution in [1.29, 1.82) is 0 Å². The second-order valence-corrected chi connectivity index (χ2v) is 14.9. The number of benzene rings is 4. The number of allylic oxidation sites excluding steroid dienone is 4. The molecular weight excluding hydrogens is 762 g/mol. The Balaban J connectivity index is 1.41. The molecule has 6 unspecified atom stereocenters. The number of halogens is 2. The zero-order chi connectivity index (χ0) is 34.9. The quantitative estimate of drug-likeness (QED) is 0.163. The molecule has 1 saturated heterocycles. The van der Waals surface area contributed by atoms with Gasteiger partial charge in [-0.05, 0) is 91.6 Å². The zero-order valence-corrected chi connectivity index (χ0v) is 30.1. The van der Waals surface area contributed by atoms with Crippen LogP contribution in [0.25, 0.3) is 5.57 Å². The number of Topliss-reactive ketones (excluding diaryl/α,β-unsaturated/α-hetero) is 1. The molecule has 2 fully saturated rings. The summed E-state index contributed by atoms with van der Waals surface area (Å²) >= 11 is 7.27. The van der Waals surface area contributed by atoms with Gasteiger partial charge in [-0.2, -0.15) is 0 Å². The Kier molecular flexibility index (Phi) is 8.03. The fraction of sp³-hybridized carbons (Fsp3) is 0.220. The van der Waals surface area contributed by atoms with E-state index in [1.807, 2.05) is 72.8 Å². The van der Waals surface area contributed by atoms with Gasteiger partial charge < -0.3 is 9.84 Å². The molecule has 8 rings (SSSR count). The number of phenolic OH excluding ortho intramolecular Hbond substituents is 1. The molecule has 4 aromatic carbocycles. The largest absolute Gasteiger partial charge is 0.503 e. The van der Waals surface area contributed by atoms with Crippen molar-refractivity contribution in [3.05, 3.63) is 140 Å². The van der Waals surface area contributed by atoms with Gasteiger partial charge in [-0.15, -0.1) is 0 Å². The molecule has 2 amide bonds. The van der Waals surface area contributed by atoms with Gasteiger partial charge in [-0.25, -0.2) is 0 Å². The van der Waals surface area contributed by atoms with Crippen LogP contribution in [0.15, 0.2) is 124 Å². The van der Waals surface area contributed by atoms with Crippen LogP contribution in [-0.2, 0) is 24.6 Å². The molecule has 0 radical (unpaired) electrons. The standard InChI is InChI=1S/C41H31Br2NO6/c1-50-31-20-29(35(42)36(43)38(31)47)34-25-17-18-26-33(40(49)44(39(26)48)24-15-9-4-10-16-24)28(25)19-30-37(46)27(22-11-5-2-6-12-22)21-32(45)41(30,34)23-13-7-3-8-14-23/h2-17,20-21,26,28,30,33-34,47H,18-19H2,1H3. The Morgan fingerprint density at radius 1 is 0.820 bits per heavy atom. The molecule has 0 aromatic heterocycles. The van der Waals surface area contributed by atoms with Crippen LogP contribution in [0.3, 0.4) is 0 Å². The number of phenols is 1. The van der Waals surface area contributed by atoms with Crippen molar-refractivity contribution < 1.29 is 29.0 Å². The summed E-state index contributed by atoms with van der Waals surface area (Å²) in [6.07, 6.45) is 4.01. The van der Waals surface area contributed by atoms with E-state index in [0.717, 1.165) is 5.57 Å². The van der Waals surface area contributed by atoms with E-state index < -0.39 is 35.0 Å². The molecule has 0 spiro atoms. The minimum atomic E-state index is -1.42. The van der Waals surface area contributed by atoms with E-state index in [2.05, 4.69) is 31.9 Å². The smallest absolute Gasteiger partial charge is 0.238 e. The Hall–Kier alpha value is -4.60. The number of nitrogens with zero attached hydrogens (tertiary/aromatic N) is 1. The Morgan fingerprint density at radius 2 is 1.46 bits per heavy atom. The fourth-order valence-corrected chi connectivity index (χ4v) is 9.98. The van der Waals surface area contributed by atoms with Crippen molar-refractivity contribution in [3.8, 4) is 11.5 Å². The van der Waals surface area contributed by atoms with Crippen LogP contribution in [0.2, 0.25) is 0 Å². The number of hydrogen-bond acceptors (Lipinski definition) is 6. The third-order valence-electron chi connectivity index (χ3n) is 11.1. The van der Waals surface area contributed by atoms with Gasteiger partial charge in [0, 0.05) is 21.9 Å². The van der Waals surface area contributed by atoms with E-state index in [-0.39, 0.29) is 41.3 Å². The van der Waals surface area contributed by atoms with Gasteiger partial charge in [0.05, 0.1) is 34.5 Å². The summed E-state index contributed by atoms with van der Waals surface area (Å²) in [6, 6.07) is 29.2. The second-order valence-electron chi connectivity index (χ2n) is 13.3. The Morgan fingerprint density at radius 3 is 2.12 bits per heavy atom. The number of ether oxygens (including phenoxy) is 1. The number of methoxy groups -OCH3 is 1. The van der Waals surface area contributed by atoms with Crippen LogP contribution >= 0.6 is 31.9 Å². The van der Waals surface area contributed by atoms with Crippen LogP contribution < -0.4 is 9.64 Å². The normalized spacial score (nSPS) is 27.3. The number of hydrogen-bond donors (Lipinski definition) is 1. The third kappa shape index (κ3) is 4.59. The molecule has 4 aromatic rings. The molecule has 1 aliphatic heterocycles. The van der Waals surface area contributed by atoms with Crippen LogP contribution in [0.5, 0.6) is 11.5 Å². The van der Waals surface area contributed by atoms with Crippen molar-refractivity contribution in [2.24, 2.45) is 23.7 Å². The number of fused-ring (bicyclic) bond motifs is 4. The number of anilines is 1. The van der Waals surface area contributed by atoms with Crippen molar-refractivity contribution in [1.82, 2.24) is 0 Å². The average Bonchev–Trinajstić information content (AvgIpc) is 3.41. The van der Waals surface area contributed by atoms with Crippen LogP contribution in [0.1, 0.15) is 35.4 Å². The van der Waals surface area contributed by atoms with Gasteiger partial charge in [0.25, 0.3) is 0 Å². The first-order valence-electron chi connectivity index (χ1n) is 16.5. The SMILES string of the molecule is COc1cc(C2C3=CCC4C(=O)N(c5ccccc5)C(=O)C4C3CC3C(=O)C(c4ccccc4)=CC(=O)C32c2ccccc2)c(Br)c(Br)c1O. The van der Waals surface area contributed by atoms with E-state index in [1.165, 1.54) is 18.1 Å². The number of imide groups is 1. The lowest BCUT2D eigenvalue weighted by Gasteiger charge is -2.55. The summed E-state index contributed by atoms with van der Waals surface area (Å²) in [5.74, 6) is -4.43. The van der Waals surface area contributed by atoms with Gasteiger partial charge in [0.2, 0.25) is 11.8 Å². The lowest BCUT2D eigenvalue weighted by molar-refractivity contribution is -0.135. The molecule has 250 valence electrons. The van der Waals surface area contributed by atoms with Gasteiger partial charge in [-0.1, -0.05) is 90.5 Å². The molecule has 1 saturated carbocycles. The van der Waals surface area contributed by atoms with Gasteiger partial charge in [0.1, 0.15) is 0 Å². The van der Waals surface area contributed by atoms with Crippen LogP contribution in [0.4, 0.5) is 5.69 Å². The highest BCUT2D eigenvalue weighted by molar-refractivity contribution is 9.13. The van der Waals surface area contributed by atoms with Crippen molar-refractivity contribution in [2.75, 3.05) is 12.0 Å². The molecule has 1 N–H and O–H groups in total. The molecule has 7 nitrogen and oxygen atoms in total. The lowest BCUT2D eigenvalue weighted by Crippen LogP contribution is -2.59. The van der Waals surface area contributed by atoms with Crippen molar-refractivity contribution in [2.45, 2.75) is 24.2 Å². The van der Waals surface area contributed by atoms with E-state index >= 15 is 9.59 Å². The predicted octanol–water partition coefficient (Wildman–Crippen LogP) is 7.95. The summed E-state index contributed by atoms with van der Waals surface area (Å²) in [6.45, 7) is 0. The topological polar surface area (TPSA) is 101 Å². The number of para-hydroxylation sites is 1. The van der Waals surface area contributed by atoms with E-state index in [9.17, 15) is 14.7 Å². The highest BCUT2D eigenvalue weighted by Crippen LogP contribution is 2.65. The molecule has 1 heterocycles. The van der Waals surface area contributed by atoms with Gasteiger partial charge in [-0.3, -0.25) is 24.1 Å². The number of rotatable bonds is 5. The van der Waals surface area contributed by atoms with E-state index in [4.69, 9.17) is 4.74 Å². The first-order valence-corrected chi connectivity index (χ1v) is 18.1. The summed E-state index contributed by atoms with van der Waals surface area (Å²) in [7, 11) is 1.45. The van der Waals surface area contributed by atoms with Crippen molar-refractivity contribution >= 4 is 66.5 Å². The molecule has 9 heteroatoms. The number of ketones is 2. The summed E-state index contributed by atoms with van der Waals surface area (Å²) in [5.41, 5.74) is 2.18. The maximum Gasteiger partial charge on any atom is 0.238 e. The highest BCUT2D eigenvalue weighted by Gasteiger charge is 2.66. The lowest BCUT2D eigenvalue weighted by atomic mass is 9.44. The molecule has 6 atom stereocenters. The summed E-state index contributed by atoms with van der Waals surface area (Å²) in [4.78, 5) is 60.1. The molecular formula is C41H31Br2NO6. The first-order chi connectivity index (χ1) is 24.2. The van der Waals surface area contributed by atoms with Crippen LogP contribution in [0, 0.1) is 23.7 Å². The van der Waals surface area contributed by atoms with Crippen LogP contribution in [-0.4, -0.2) is 35.6 Å². The third-order valence-corrected chi connectivity index (χ3v) is 13.3. The minimum Gasteiger partial charge on any atom is -0.503 e. The number of aromatic hydroxyl groups is 1. The monoisotopic (exact) mass is 791 g/mol. The predicted molar refractivity (Wildman–Crippen MR) is 196 cm³/mol. The maximum atomic E-state index is 15.2. The number of carbonyl (C=O) groups excluding carboxylic acids is 4. The molecule has 3 aliphatic carbocycles. The van der Waals surface area contributed by atoms with E-state index in [1.54, 1.807) is 30.3 Å². The number of carbonyl (C=O) groups is 4. The number of amides is 2. The highest BCUT2D eigenvalue weighted by atomic mass is 79.9.